The van der Waals surface area contributed by atoms with E-state index in [4.69, 9.17) is 4.74 Å². The number of carbonyl (C=O) groups is 2. The molecule has 3 aromatic rings. The Morgan fingerprint density at radius 1 is 1.21 bits per heavy atom. The van der Waals surface area contributed by atoms with E-state index >= 15 is 0 Å². The summed E-state index contributed by atoms with van der Waals surface area (Å²) in [5, 5.41) is 3.33. The number of H-pyrrole nitrogens is 1. The van der Waals surface area contributed by atoms with Gasteiger partial charge in [-0.1, -0.05) is 30.9 Å². The van der Waals surface area contributed by atoms with Gasteiger partial charge in [0.2, 0.25) is 0 Å². The van der Waals surface area contributed by atoms with Gasteiger partial charge in [0, 0.05) is 41.9 Å². The van der Waals surface area contributed by atoms with E-state index in [1.54, 1.807) is 19.4 Å². The number of alkyl halides is 2. The lowest BCUT2D eigenvalue weighted by Gasteiger charge is -2.19. The van der Waals surface area contributed by atoms with Crippen molar-refractivity contribution in [2.24, 2.45) is 0 Å². The molecule has 2 amide bonds. The molecule has 10 heteroatoms. The van der Waals surface area contributed by atoms with Crippen LogP contribution in [0.1, 0.15) is 18.9 Å². The van der Waals surface area contributed by atoms with Crippen molar-refractivity contribution in [2.45, 2.75) is 19.3 Å². The first-order chi connectivity index (χ1) is 18.1. The first kappa shape index (κ1) is 26.6. The van der Waals surface area contributed by atoms with Crippen LogP contribution in [0.15, 0.2) is 72.7 Å². The van der Waals surface area contributed by atoms with Crippen molar-refractivity contribution in [3.8, 4) is 16.9 Å². The van der Waals surface area contributed by atoms with Crippen LogP contribution in [0.4, 0.5) is 13.6 Å². The lowest BCUT2D eigenvalue weighted by atomic mass is 10.0. The number of likely N-dealkylation sites (tertiary alicyclic amines) is 1. The number of hydrogen-bond donors (Lipinski definition) is 2. The van der Waals surface area contributed by atoms with E-state index in [0.717, 1.165) is 38.3 Å². The average Bonchev–Trinajstić information content (AvgIpc) is 3.51. The number of aromatic nitrogens is 2. The Morgan fingerprint density at radius 3 is 2.66 bits per heavy atom. The highest BCUT2D eigenvalue weighted by Crippen LogP contribution is 2.35. The Balaban J connectivity index is 1.66. The third-order valence-corrected chi connectivity index (χ3v) is 6.35. The van der Waals surface area contributed by atoms with Gasteiger partial charge in [-0.2, -0.15) is 0 Å². The van der Waals surface area contributed by atoms with Gasteiger partial charge in [0.15, 0.2) is 0 Å². The van der Waals surface area contributed by atoms with Gasteiger partial charge in [-0.3, -0.25) is 10.1 Å². The van der Waals surface area contributed by atoms with Gasteiger partial charge >= 0.3 is 6.09 Å². The molecule has 0 radical (unpaired) electrons. The fourth-order valence-corrected chi connectivity index (χ4v) is 4.21. The van der Waals surface area contributed by atoms with Gasteiger partial charge in [0.25, 0.3) is 11.8 Å². The highest BCUT2D eigenvalue weighted by molar-refractivity contribution is 5.99. The zero-order valence-corrected chi connectivity index (χ0v) is 21.3. The average molecular weight is 523 g/mol. The second-order valence-corrected chi connectivity index (χ2v) is 8.88. The van der Waals surface area contributed by atoms with Crippen LogP contribution in [-0.4, -0.2) is 60.1 Å². The number of para-hydroxylation sites is 1. The lowest BCUT2D eigenvalue weighted by Crippen LogP contribution is -2.35. The Hall–Kier alpha value is -4.47. The number of fused-ring (bicyclic) bond motifs is 1. The number of allylic oxidation sites excluding steroid dienone is 3. The SMILES string of the molecule is C=C(C(=O)N1CCC(F)(F)C1)/C(=C\C=C(/C)c1cnc2[nH]cc(-c3ccccc3OC)c2c1)NC(=O)OC. The predicted octanol–water partition coefficient (Wildman–Crippen LogP) is 5.31. The minimum Gasteiger partial charge on any atom is -0.496 e. The van der Waals surface area contributed by atoms with Crippen LogP contribution in [0.5, 0.6) is 5.75 Å². The summed E-state index contributed by atoms with van der Waals surface area (Å²) in [6.45, 7) is 4.80. The molecule has 1 aliphatic heterocycles. The minimum absolute atomic E-state index is 0.0433. The van der Waals surface area contributed by atoms with E-state index in [-0.39, 0.29) is 17.8 Å². The molecule has 2 aromatic heterocycles. The molecule has 38 heavy (non-hydrogen) atoms. The van der Waals surface area contributed by atoms with E-state index in [1.165, 1.54) is 13.2 Å². The molecule has 1 fully saturated rings. The van der Waals surface area contributed by atoms with Crippen LogP contribution in [-0.2, 0) is 9.53 Å². The van der Waals surface area contributed by atoms with Crippen LogP contribution >= 0.6 is 0 Å². The van der Waals surface area contributed by atoms with Crippen molar-refractivity contribution >= 4 is 28.6 Å². The van der Waals surface area contributed by atoms with Crippen LogP contribution in [0.3, 0.4) is 0 Å². The molecular weight excluding hydrogens is 494 g/mol. The number of alkyl carbamates (subject to hydrolysis) is 1. The molecule has 2 N–H and O–H groups in total. The summed E-state index contributed by atoms with van der Waals surface area (Å²) in [5.41, 5.74) is 4.00. The maximum absolute atomic E-state index is 13.6. The molecule has 1 saturated heterocycles. The molecule has 8 nitrogen and oxygen atoms in total. The first-order valence-electron chi connectivity index (χ1n) is 11.8. The van der Waals surface area contributed by atoms with E-state index < -0.39 is 30.9 Å². The van der Waals surface area contributed by atoms with E-state index in [9.17, 15) is 18.4 Å². The second-order valence-electron chi connectivity index (χ2n) is 8.88. The van der Waals surface area contributed by atoms with Gasteiger partial charge in [-0.05, 0) is 36.3 Å². The number of benzene rings is 1. The summed E-state index contributed by atoms with van der Waals surface area (Å²) in [6, 6.07) is 9.64. The molecule has 0 bridgehead atoms. The fourth-order valence-electron chi connectivity index (χ4n) is 4.21. The van der Waals surface area contributed by atoms with E-state index in [0.29, 0.717) is 5.65 Å². The molecule has 1 aliphatic rings. The van der Waals surface area contributed by atoms with Crippen molar-refractivity contribution < 1.29 is 27.8 Å². The Kier molecular flexibility index (Phi) is 7.61. The highest BCUT2D eigenvalue weighted by atomic mass is 19.3. The number of nitrogens with one attached hydrogen (secondary N) is 2. The van der Waals surface area contributed by atoms with E-state index in [1.807, 2.05) is 43.5 Å². The zero-order valence-electron chi connectivity index (χ0n) is 21.3. The normalized spacial score (nSPS) is 15.4. The van der Waals surface area contributed by atoms with Gasteiger partial charge in [-0.15, -0.1) is 0 Å². The number of carbonyl (C=O) groups excluding carboxylic acids is 2. The standard InChI is InChI=1S/C28H28F2N4O4/c1-17(9-10-23(33-27(36)38-4)18(2)26(35)34-12-11-28(29,30)16-34)19-13-21-22(15-32-25(21)31-14-19)20-7-5-6-8-24(20)37-3/h5-10,13-15H,2,11-12,16H2,1,3-4H3,(H,31,32)(H,33,36)/b17-9+,23-10+. The number of halogens is 2. The number of amides is 2. The number of ether oxygens (including phenoxy) is 2. The van der Waals surface area contributed by atoms with Crippen molar-refractivity contribution in [3.63, 3.8) is 0 Å². The van der Waals surface area contributed by atoms with Gasteiger partial charge < -0.3 is 19.4 Å². The molecule has 1 aromatic carbocycles. The van der Waals surface area contributed by atoms with Gasteiger partial charge in [0.05, 0.1) is 32.0 Å². The minimum atomic E-state index is -2.95. The third-order valence-electron chi connectivity index (χ3n) is 6.35. The summed E-state index contributed by atoms with van der Waals surface area (Å²) >= 11 is 0. The molecule has 3 heterocycles. The second kappa shape index (κ2) is 10.9. The van der Waals surface area contributed by atoms with E-state index in [2.05, 4.69) is 26.6 Å². The monoisotopic (exact) mass is 522 g/mol. The summed E-state index contributed by atoms with van der Waals surface area (Å²) in [5.74, 6) is -2.90. The zero-order chi connectivity index (χ0) is 27.4. The van der Waals surface area contributed by atoms with Crippen molar-refractivity contribution in [2.75, 3.05) is 27.3 Å². The number of aromatic amines is 1. The number of pyridine rings is 1. The molecule has 0 spiro atoms. The largest absolute Gasteiger partial charge is 0.496 e. The van der Waals surface area contributed by atoms with Gasteiger partial charge in [0.1, 0.15) is 11.4 Å². The predicted molar refractivity (Wildman–Crippen MR) is 141 cm³/mol. The molecule has 198 valence electrons. The summed E-state index contributed by atoms with van der Waals surface area (Å²) in [4.78, 5) is 33.5. The number of rotatable bonds is 7. The van der Waals surface area contributed by atoms with Gasteiger partial charge in [-0.25, -0.2) is 18.6 Å². The van der Waals surface area contributed by atoms with Crippen LogP contribution in [0.2, 0.25) is 0 Å². The van der Waals surface area contributed by atoms with Crippen molar-refractivity contribution in [1.29, 1.82) is 0 Å². The van der Waals surface area contributed by atoms with Crippen LogP contribution in [0.25, 0.3) is 27.7 Å². The molecule has 4 rings (SSSR count). The van der Waals surface area contributed by atoms with Crippen LogP contribution < -0.4 is 10.1 Å². The number of nitrogens with zero attached hydrogens (tertiary/aromatic N) is 2. The molecule has 0 aliphatic carbocycles. The van der Waals surface area contributed by atoms with Crippen LogP contribution in [0, 0.1) is 0 Å². The summed E-state index contributed by atoms with van der Waals surface area (Å²) in [6.07, 6.45) is 5.50. The quantitative estimate of drug-likeness (QED) is 0.324. The molecule has 0 saturated carbocycles. The molecule has 0 unspecified atom stereocenters. The highest BCUT2D eigenvalue weighted by Gasteiger charge is 2.41. The Morgan fingerprint density at radius 2 is 1.97 bits per heavy atom. The maximum Gasteiger partial charge on any atom is 0.411 e. The topological polar surface area (TPSA) is 96.5 Å². The molecular formula is C28H28F2N4O4. The number of methoxy groups -OCH3 is 2. The number of hydrogen-bond acceptors (Lipinski definition) is 5. The Labute approximate surface area is 218 Å². The summed E-state index contributed by atoms with van der Waals surface area (Å²) < 4.78 is 37.4. The van der Waals surface area contributed by atoms with Crippen molar-refractivity contribution in [3.05, 3.63) is 78.3 Å². The summed E-state index contributed by atoms with van der Waals surface area (Å²) in [7, 11) is 2.79. The smallest absolute Gasteiger partial charge is 0.411 e. The molecule has 0 atom stereocenters. The third kappa shape index (κ3) is 5.59. The fraction of sp³-hybridized carbons (Fsp3) is 0.250. The first-order valence-corrected chi connectivity index (χ1v) is 11.8. The maximum atomic E-state index is 13.6. The lowest BCUT2D eigenvalue weighted by molar-refractivity contribution is -0.127. The van der Waals surface area contributed by atoms with Crippen molar-refractivity contribution in [1.82, 2.24) is 20.2 Å². The Bertz CT molecular complexity index is 1460.